The van der Waals surface area contributed by atoms with Gasteiger partial charge < -0.3 is 20.0 Å². The van der Waals surface area contributed by atoms with Gasteiger partial charge in [-0.2, -0.15) is 0 Å². The van der Waals surface area contributed by atoms with Crippen molar-refractivity contribution in [3.8, 4) is 0 Å². The number of likely N-dealkylation sites (N-methyl/N-ethyl adjacent to an activating group) is 2. The normalized spacial score (nSPS) is 31.3. The van der Waals surface area contributed by atoms with Crippen molar-refractivity contribution < 1.29 is 19.8 Å². The van der Waals surface area contributed by atoms with Crippen molar-refractivity contribution in [2.24, 2.45) is 0 Å². The van der Waals surface area contributed by atoms with Crippen LogP contribution in [0.1, 0.15) is 0 Å². The molecule has 0 aliphatic carbocycles. The summed E-state index contributed by atoms with van der Waals surface area (Å²) in [5.74, 6) is -1.38. The Kier molecular flexibility index (Phi) is 2.03. The summed E-state index contributed by atoms with van der Waals surface area (Å²) in [6.45, 7) is 0. The van der Waals surface area contributed by atoms with Crippen LogP contribution in [0.4, 0.5) is 0 Å². The third-order valence-corrected chi connectivity index (χ3v) is 1.87. The van der Waals surface area contributed by atoms with Gasteiger partial charge in [0.1, 0.15) is 0 Å². The molecule has 1 rings (SSSR count). The van der Waals surface area contributed by atoms with Crippen LogP contribution in [-0.2, 0) is 9.59 Å². The summed E-state index contributed by atoms with van der Waals surface area (Å²) < 4.78 is 0. The predicted octanol–water partition coefficient (Wildman–Crippen LogP) is -2.45. The molecule has 0 aromatic carbocycles. The number of aliphatic hydroxyl groups excluding tert-OH is 2. The fraction of sp³-hybridized carbons (Fsp3) is 0.667. The number of hydrogen-bond acceptors (Lipinski definition) is 4. The smallest absolute Gasteiger partial charge is 0.274 e. The fourth-order valence-electron chi connectivity index (χ4n) is 0.937. The topological polar surface area (TPSA) is 81.1 Å². The van der Waals surface area contributed by atoms with E-state index in [1.807, 2.05) is 0 Å². The number of carbonyl (C=O) groups excluding carboxylic acids is 2. The van der Waals surface area contributed by atoms with Crippen molar-refractivity contribution in [3.63, 3.8) is 0 Å². The zero-order valence-corrected chi connectivity index (χ0v) is 6.76. The first kappa shape index (κ1) is 8.95. The van der Waals surface area contributed by atoms with Crippen molar-refractivity contribution in [1.82, 2.24) is 9.80 Å². The molecule has 0 aromatic heterocycles. The van der Waals surface area contributed by atoms with E-state index in [9.17, 15) is 9.59 Å². The highest BCUT2D eigenvalue weighted by molar-refractivity contribution is 5.94. The second-order valence-electron chi connectivity index (χ2n) is 2.65. The minimum absolute atomic E-state index is 0.690. The lowest BCUT2D eigenvalue weighted by Gasteiger charge is -2.36. The van der Waals surface area contributed by atoms with Crippen LogP contribution in [0.25, 0.3) is 0 Å². The first-order valence-corrected chi connectivity index (χ1v) is 3.36. The number of nitrogens with zero attached hydrogens (tertiary/aromatic N) is 2. The molecule has 68 valence electrons. The largest absolute Gasteiger partial charge is 0.365 e. The number of rotatable bonds is 0. The summed E-state index contributed by atoms with van der Waals surface area (Å²) in [5.41, 5.74) is 0. The standard InChI is InChI=1S/C6H10N2O4/c1-7-3(9)5(11)8(2)6(12)4(7)10/h3,6,9,12H,1-2H3. The molecule has 1 aliphatic rings. The van der Waals surface area contributed by atoms with Gasteiger partial charge in [-0.1, -0.05) is 0 Å². The van der Waals surface area contributed by atoms with Crippen LogP contribution in [-0.4, -0.2) is 58.4 Å². The van der Waals surface area contributed by atoms with Crippen LogP contribution in [0.5, 0.6) is 0 Å². The molecule has 0 saturated carbocycles. The van der Waals surface area contributed by atoms with Crippen LogP contribution in [0.2, 0.25) is 0 Å². The Balaban J connectivity index is 2.91. The van der Waals surface area contributed by atoms with E-state index in [1.54, 1.807) is 0 Å². The molecular formula is C6H10N2O4. The van der Waals surface area contributed by atoms with Gasteiger partial charge >= 0.3 is 0 Å². The molecule has 2 amide bonds. The van der Waals surface area contributed by atoms with E-state index < -0.39 is 24.3 Å². The first-order valence-electron chi connectivity index (χ1n) is 3.36. The lowest BCUT2D eigenvalue weighted by atomic mass is 10.3. The fourth-order valence-corrected chi connectivity index (χ4v) is 0.937. The summed E-state index contributed by atoms with van der Waals surface area (Å²) in [6, 6.07) is 0. The third kappa shape index (κ3) is 1.05. The van der Waals surface area contributed by atoms with Gasteiger partial charge in [0.15, 0.2) is 0 Å². The Hall–Kier alpha value is -1.14. The number of hydrogen-bond donors (Lipinski definition) is 2. The van der Waals surface area contributed by atoms with E-state index in [2.05, 4.69) is 0 Å². The van der Waals surface area contributed by atoms with Gasteiger partial charge in [0.25, 0.3) is 11.8 Å². The van der Waals surface area contributed by atoms with Crippen LogP contribution < -0.4 is 0 Å². The Labute approximate surface area is 69.0 Å². The molecule has 0 bridgehead atoms. The van der Waals surface area contributed by atoms with Crippen molar-refractivity contribution in [2.75, 3.05) is 14.1 Å². The lowest BCUT2D eigenvalue weighted by Crippen LogP contribution is -2.62. The molecule has 1 aliphatic heterocycles. The monoisotopic (exact) mass is 174 g/mol. The molecule has 2 unspecified atom stereocenters. The van der Waals surface area contributed by atoms with Gasteiger partial charge in [-0.05, 0) is 0 Å². The summed E-state index contributed by atoms with van der Waals surface area (Å²) in [6.07, 6.45) is -2.96. The Morgan fingerprint density at radius 3 is 1.50 bits per heavy atom. The van der Waals surface area contributed by atoms with Gasteiger partial charge in [0.2, 0.25) is 12.5 Å². The molecular weight excluding hydrogens is 164 g/mol. The first-order chi connectivity index (χ1) is 5.46. The summed E-state index contributed by atoms with van der Waals surface area (Å²) >= 11 is 0. The van der Waals surface area contributed by atoms with Crippen molar-refractivity contribution in [3.05, 3.63) is 0 Å². The van der Waals surface area contributed by atoms with Gasteiger partial charge in [-0.25, -0.2) is 0 Å². The van der Waals surface area contributed by atoms with E-state index in [4.69, 9.17) is 10.2 Å². The highest BCUT2D eigenvalue weighted by Gasteiger charge is 2.40. The van der Waals surface area contributed by atoms with Gasteiger partial charge in [0, 0.05) is 14.1 Å². The summed E-state index contributed by atoms with van der Waals surface area (Å²) in [5, 5.41) is 18.2. The number of aliphatic hydroxyl groups is 2. The molecule has 6 nitrogen and oxygen atoms in total. The molecule has 2 atom stereocenters. The summed E-state index contributed by atoms with van der Waals surface area (Å²) in [4.78, 5) is 23.6. The quantitative estimate of drug-likeness (QED) is 0.427. The number of piperazine rings is 1. The van der Waals surface area contributed by atoms with Gasteiger partial charge in [-0.3, -0.25) is 9.59 Å². The maximum absolute atomic E-state index is 11.0. The predicted molar refractivity (Wildman–Crippen MR) is 37.6 cm³/mol. The molecule has 1 fully saturated rings. The van der Waals surface area contributed by atoms with Crippen LogP contribution in [0.3, 0.4) is 0 Å². The van der Waals surface area contributed by atoms with E-state index in [-0.39, 0.29) is 0 Å². The number of carbonyl (C=O) groups is 2. The van der Waals surface area contributed by atoms with Gasteiger partial charge in [0.05, 0.1) is 0 Å². The van der Waals surface area contributed by atoms with Crippen LogP contribution in [0.15, 0.2) is 0 Å². The molecule has 1 heterocycles. The highest BCUT2D eigenvalue weighted by atomic mass is 16.3. The molecule has 2 N–H and O–H groups in total. The van der Waals surface area contributed by atoms with Crippen LogP contribution >= 0.6 is 0 Å². The van der Waals surface area contributed by atoms with Crippen molar-refractivity contribution in [1.29, 1.82) is 0 Å². The minimum Gasteiger partial charge on any atom is -0.365 e. The van der Waals surface area contributed by atoms with E-state index in [0.29, 0.717) is 0 Å². The second kappa shape index (κ2) is 2.72. The minimum atomic E-state index is -1.48. The zero-order chi connectivity index (χ0) is 9.46. The Morgan fingerprint density at radius 1 is 1.00 bits per heavy atom. The van der Waals surface area contributed by atoms with Crippen LogP contribution in [0, 0.1) is 0 Å². The Bertz CT molecular complexity index is 186. The average molecular weight is 174 g/mol. The van der Waals surface area contributed by atoms with E-state index in [1.165, 1.54) is 14.1 Å². The van der Waals surface area contributed by atoms with Crippen molar-refractivity contribution in [2.45, 2.75) is 12.5 Å². The summed E-state index contributed by atoms with van der Waals surface area (Å²) in [7, 11) is 2.50. The SMILES string of the molecule is CN1C(=O)C(O)N(C)C(=O)C1O. The molecule has 1 saturated heterocycles. The highest BCUT2D eigenvalue weighted by Crippen LogP contribution is 2.10. The lowest BCUT2D eigenvalue weighted by molar-refractivity contribution is -0.186. The van der Waals surface area contributed by atoms with Gasteiger partial charge in [-0.15, -0.1) is 0 Å². The number of amides is 2. The molecule has 12 heavy (non-hydrogen) atoms. The maximum Gasteiger partial charge on any atom is 0.274 e. The third-order valence-electron chi connectivity index (χ3n) is 1.87. The maximum atomic E-state index is 11.0. The zero-order valence-electron chi connectivity index (χ0n) is 6.76. The molecule has 0 radical (unpaired) electrons. The van der Waals surface area contributed by atoms with Crippen molar-refractivity contribution >= 4 is 11.8 Å². The average Bonchev–Trinajstić information content (AvgIpc) is 2.08. The molecule has 0 aromatic rings. The second-order valence-corrected chi connectivity index (χ2v) is 2.65. The Morgan fingerprint density at radius 2 is 1.25 bits per heavy atom. The van der Waals surface area contributed by atoms with E-state index in [0.717, 1.165) is 9.80 Å². The molecule has 0 spiro atoms. The van der Waals surface area contributed by atoms with E-state index >= 15 is 0 Å². The molecule has 6 heteroatoms.